The average Bonchev–Trinajstić information content (AvgIpc) is 3.00. The molecule has 0 saturated carbocycles. The Bertz CT molecular complexity index is 1020. The fourth-order valence-corrected chi connectivity index (χ4v) is 3.37. The number of nitrogens with one attached hydrogen (secondary N) is 1. The molecule has 0 radical (unpaired) electrons. The van der Waals surface area contributed by atoms with Gasteiger partial charge in [0.15, 0.2) is 5.82 Å². The van der Waals surface area contributed by atoms with Gasteiger partial charge in [-0.15, -0.1) is 0 Å². The summed E-state index contributed by atoms with van der Waals surface area (Å²) in [6.45, 7) is 8.28. The first kappa shape index (κ1) is 21.5. The van der Waals surface area contributed by atoms with Gasteiger partial charge in [0, 0.05) is 38.0 Å². The van der Waals surface area contributed by atoms with Gasteiger partial charge in [0.1, 0.15) is 12.1 Å². The van der Waals surface area contributed by atoms with E-state index >= 15 is 0 Å². The maximum Gasteiger partial charge on any atom is 0.224 e. The maximum atomic E-state index is 12.5. The molecule has 0 atom stereocenters. The molecule has 0 unspecified atom stereocenters. The average molecular weight is 407 g/mol. The van der Waals surface area contributed by atoms with Crippen LogP contribution in [0.1, 0.15) is 48.7 Å². The van der Waals surface area contributed by atoms with Gasteiger partial charge in [-0.3, -0.25) is 4.79 Å². The second kappa shape index (κ2) is 9.07. The van der Waals surface area contributed by atoms with E-state index in [1.807, 2.05) is 55.7 Å². The predicted octanol–water partition coefficient (Wildman–Crippen LogP) is 4.04. The molecule has 3 rings (SSSR count). The van der Waals surface area contributed by atoms with Crippen molar-refractivity contribution >= 4 is 17.4 Å². The summed E-state index contributed by atoms with van der Waals surface area (Å²) in [4.78, 5) is 23.0. The van der Waals surface area contributed by atoms with Gasteiger partial charge in [-0.1, -0.05) is 26.0 Å². The van der Waals surface area contributed by atoms with E-state index in [0.29, 0.717) is 18.8 Å². The predicted molar refractivity (Wildman–Crippen MR) is 120 cm³/mol. The molecule has 1 amide bonds. The molecule has 30 heavy (non-hydrogen) atoms. The molecule has 1 N–H and O–H groups in total. The molecule has 7 heteroatoms. The number of aryl methyl sites for hydroxylation is 1. The zero-order chi connectivity index (χ0) is 21.8. The lowest BCUT2D eigenvalue weighted by Crippen LogP contribution is -2.13. The minimum atomic E-state index is -0.00391. The molecule has 1 aromatic carbocycles. The first-order chi connectivity index (χ1) is 14.3. The highest BCUT2D eigenvalue weighted by Gasteiger charge is 2.16. The fraction of sp³-hybridized carbons (Fsp3) is 0.391. The van der Waals surface area contributed by atoms with E-state index < -0.39 is 0 Å². The fourth-order valence-electron chi connectivity index (χ4n) is 3.37. The summed E-state index contributed by atoms with van der Waals surface area (Å²) in [7, 11) is 3.88. The quantitative estimate of drug-likeness (QED) is 0.641. The number of anilines is 2. The molecule has 0 fully saturated rings. The smallest absolute Gasteiger partial charge is 0.224 e. The molecular weight excluding hydrogens is 376 g/mol. The summed E-state index contributed by atoms with van der Waals surface area (Å²) in [6.07, 6.45) is 2.56. The van der Waals surface area contributed by atoms with Crippen LogP contribution in [0.15, 0.2) is 36.7 Å². The normalized spacial score (nSPS) is 11.0. The summed E-state index contributed by atoms with van der Waals surface area (Å²) >= 11 is 0. The highest BCUT2D eigenvalue weighted by Crippen LogP contribution is 2.21. The number of hydrogen-bond donors (Lipinski definition) is 1. The molecule has 158 valence electrons. The van der Waals surface area contributed by atoms with Crippen molar-refractivity contribution in [1.29, 1.82) is 0 Å². The molecule has 2 aromatic heterocycles. The number of rotatable bonds is 7. The molecule has 7 nitrogen and oxygen atoms in total. The first-order valence-electron chi connectivity index (χ1n) is 10.2. The number of carbonyl (C=O) groups is 1. The zero-order valence-corrected chi connectivity index (χ0v) is 18.6. The number of nitrogens with zero attached hydrogens (tertiary/aromatic N) is 5. The van der Waals surface area contributed by atoms with Crippen LogP contribution >= 0.6 is 0 Å². The third-order valence-electron chi connectivity index (χ3n) is 5.22. The second-order valence-corrected chi connectivity index (χ2v) is 8.01. The van der Waals surface area contributed by atoms with Gasteiger partial charge in [-0.2, -0.15) is 5.10 Å². The number of hydrogen-bond acceptors (Lipinski definition) is 5. The topological polar surface area (TPSA) is 75.9 Å². The van der Waals surface area contributed by atoms with Gasteiger partial charge in [0.25, 0.3) is 0 Å². The van der Waals surface area contributed by atoms with Gasteiger partial charge in [-0.05, 0) is 49.4 Å². The summed E-state index contributed by atoms with van der Waals surface area (Å²) in [5.74, 6) is 2.00. The Morgan fingerprint density at radius 1 is 1.13 bits per heavy atom. The Morgan fingerprint density at radius 2 is 1.83 bits per heavy atom. The van der Waals surface area contributed by atoms with E-state index in [-0.39, 0.29) is 5.91 Å². The van der Waals surface area contributed by atoms with Crippen molar-refractivity contribution in [2.24, 2.45) is 0 Å². The maximum absolute atomic E-state index is 12.5. The molecular formula is C23H30N6O. The van der Waals surface area contributed by atoms with Gasteiger partial charge < -0.3 is 10.2 Å². The Morgan fingerprint density at radius 3 is 2.47 bits per heavy atom. The van der Waals surface area contributed by atoms with Crippen molar-refractivity contribution in [2.45, 2.75) is 46.5 Å². The van der Waals surface area contributed by atoms with E-state index in [1.165, 1.54) is 5.56 Å². The number of amides is 1. The van der Waals surface area contributed by atoms with Gasteiger partial charge in [0.2, 0.25) is 5.91 Å². The highest BCUT2D eigenvalue weighted by atomic mass is 16.1. The van der Waals surface area contributed by atoms with Crippen molar-refractivity contribution in [3.8, 4) is 5.82 Å². The van der Waals surface area contributed by atoms with E-state index in [0.717, 1.165) is 34.3 Å². The molecule has 0 aliphatic carbocycles. The monoisotopic (exact) mass is 406 g/mol. The van der Waals surface area contributed by atoms with Crippen LogP contribution in [0, 0.1) is 13.8 Å². The molecule has 0 aliphatic heterocycles. The lowest BCUT2D eigenvalue weighted by atomic mass is 10.0. The van der Waals surface area contributed by atoms with Crippen LogP contribution in [0.4, 0.5) is 11.5 Å². The summed E-state index contributed by atoms with van der Waals surface area (Å²) < 4.78 is 1.82. The van der Waals surface area contributed by atoms with Gasteiger partial charge in [-0.25, -0.2) is 14.6 Å². The van der Waals surface area contributed by atoms with Crippen molar-refractivity contribution in [3.05, 3.63) is 59.2 Å². The van der Waals surface area contributed by atoms with E-state index in [4.69, 9.17) is 0 Å². The summed E-state index contributed by atoms with van der Waals surface area (Å²) in [5.41, 5.74) is 5.06. The number of aromatic nitrogens is 4. The third-order valence-corrected chi connectivity index (χ3v) is 5.22. The van der Waals surface area contributed by atoms with Crippen LogP contribution in [0.2, 0.25) is 0 Å². The first-order valence-corrected chi connectivity index (χ1v) is 10.2. The zero-order valence-electron chi connectivity index (χ0n) is 18.6. The van der Waals surface area contributed by atoms with Crippen LogP contribution in [0.25, 0.3) is 5.82 Å². The Balaban J connectivity index is 1.69. The Hall–Kier alpha value is -3.22. The van der Waals surface area contributed by atoms with Crippen LogP contribution < -0.4 is 10.2 Å². The lowest BCUT2D eigenvalue weighted by Gasteiger charge is -2.12. The SMILES string of the molecule is Cc1nn(-c2cc(N(C)C)ncn2)c(C)c1CCC(=O)Nc1ccc(C(C)C)cc1. The molecule has 0 bridgehead atoms. The molecule has 0 aliphatic rings. The molecule has 3 aromatic rings. The van der Waals surface area contributed by atoms with Crippen molar-refractivity contribution in [2.75, 3.05) is 24.3 Å². The van der Waals surface area contributed by atoms with Crippen molar-refractivity contribution in [1.82, 2.24) is 19.7 Å². The van der Waals surface area contributed by atoms with Crippen LogP contribution in [-0.4, -0.2) is 39.8 Å². The van der Waals surface area contributed by atoms with Crippen molar-refractivity contribution in [3.63, 3.8) is 0 Å². The molecule has 0 saturated heterocycles. The van der Waals surface area contributed by atoms with Crippen LogP contribution in [-0.2, 0) is 11.2 Å². The Kier molecular flexibility index (Phi) is 6.50. The highest BCUT2D eigenvalue weighted by molar-refractivity contribution is 5.90. The van der Waals surface area contributed by atoms with Gasteiger partial charge in [0.05, 0.1) is 5.69 Å². The van der Waals surface area contributed by atoms with E-state index in [2.05, 4.69) is 46.4 Å². The lowest BCUT2D eigenvalue weighted by molar-refractivity contribution is -0.116. The standard InChI is InChI=1S/C23H30N6O/c1-15(2)18-7-9-19(10-8-18)26-23(30)12-11-20-16(3)27-29(17(20)4)22-13-21(28(5)6)24-14-25-22/h7-10,13-15H,11-12H2,1-6H3,(H,26,30). The number of benzene rings is 1. The van der Waals surface area contributed by atoms with Crippen LogP contribution in [0.5, 0.6) is 0 Å². The summed E-state index contributed by atoms with van der Waals surface area (Å²) in [5, 5.41) is 7.63. The summed E-state index contributed by atoms with van der Waals surface area (Å²) in [6, 6.07) is 9.93. The van der Waals surface area contributed by atoms with Crippen LogP contribution in [0.3, 0.4) is 0 Å². The second-order valence-electron chi connectivity index (χ2n) is 8.01. The molecule has 2 heterocycles. The van der Waals surface area contributed by atoms with Gasteiger partial charge >= 0.3 is 0 Å². The minimum absolute atomic E-state index is 0.00391. The third kappa shape index (κ3) is 4.84. The van der Waals surface area contributed by atoms with E-state index in [1.54, 1.807) is 6.33 Å². The largest absolute Gasteiger partial charge is 0.363 e. The van der Waals surface area contributed by atoms with E-state index in [9.17, 15) is 4.79 Å². The minimum Gasteiger partial charge on any atom is -0.363 e. The molecule has 0 spiro atoms. The van der Waals surface area contributed by atoms with Crippen molar-refractivity contribution < 1.29 is 4.79 Å². The number of carbonyl (C=O) groups excluding carboxylic acids is 1. The Labute approximate surface area is 178 Å².